The molecule has 1 N–H and O–H groups in total. The summed E-state index contributed by atoms with van der Waals surface area (Å²) >= 11 is 0. The molecule has 0 bridgehead atoms. The monoisotopic (exact) mass is 563 g/mol. The van der Waals surface area contributed by atoms with Crippen molar-refractivity contribution < 1.29 is 22.8 Å². The molecule has 8 nitrogen and oxygen atoms in total. The first-order valence-electron chi connectivity index (χ1n) is 13.1. The maximum Gasteiger partial charge on any atom is 0.244 e. The van der Waals surface area contributed by atoms with Crippen LogP contribution in [-0.4, -0.2) is 55.8 Å². The molecule has 1 atom stereocenters. The van der Waals surface area contributed by atoms with Gasteiger partial charge in [-0.1, -0.05) is 72.3 Å². The van der Waals surface area contributed by atoms with Gasteiger partial charge in [-0.05, 0) is 51.0 Å². The van der Waals surface area contributed by atoms with Crippen LogP contribution in [0.25, 0.3) is 0 Å². The van der Waals surface area contributed by atoms with Gasteiger partial charge in [-0.15, -0.1) is 0 Å². The molecule has 0 heterocycles. The van der Waals surface area contributed by atoms with Crippen molar-refractivity contribution in [1.29, 1.82) is 0 Å². The number of nitrogens with zero attached hydrogens (tertiary/aromatic N) is 2. The molecule has 0 radical (unpaired) electrons. The van der Waals surface area contributed by atoms with Gasteiger partial charge in [-0.3, -0.25) is 18.7 Å². The van der Waals surface area contributed by atoms with Crippen LogP contribution in [0.3, 0.4) is 0 Å². The Kier molecular flexibility index (Phi) is 10.2. The summed E-state index contributed by atoms with van der Waals surface area (Å²) in [7, 11) is -3.92. The predicted molar refractivity (Wildman–Crippen MR) is 158 cm³/mol. The lowest BCUT2D eigenvalue weighted by atomic mass is 10.0. The number of ketones is 1. The van der Waals surface area contributed by atoms with Crippen molar-refractivity contribution in [3.05, 3.63) is 101 Å². The van der Waals surface area contributed by atoms with Gasteiger partial charge in [0.25, 0.3) is 0 Å². The van der Waals surface area contributed by atoms with Crippen molar-refractivity contribution in [2.75, 3.05) is 17.1 Å². The van der Waals surface area contributed by atoms with Gasteiger partial charge in [0.05, 0.1) is 11.9 Å². The minimum atomic E-state index is -3.92. The lowest BCUT2D eigenvalue weighted by molar-refractivity contribution is -0.140. The number of carbonyl (C=O) groups is 3. The van der Waals surface area contributed by atoms with E-state index >= 15 is 0 Å². The number of hydrogen-bond acceptors (Lipinski definition) is 5. The summed E-state index contributed by atoms with van der Waals surface area (Å²) < 4.78 is 26.8. The lowest BCUT2D eigenvalue weighted by Gasteiger charge is -2.34. The molecule has 0 unspecified atom stereocenters. The van der Waals surface area contributed by atoms with E-state index in [0.717, 1.165) is 27.3 Å². The Bertz CT molecular complexity index is 1440. The summed E-state index contributed by atoms with van der Waals surface area (Å²) in [5.74, 6) is -1.10. The zero-order valence-corrected chi connectivity index (χ0v) is 24.4. The second-order valence-corrected chi connectivity index (χ2v) is 12.2. The summed E-state index contributed by atoms with van der Waals surface area (Å²) in [4.78, 5) is 41.0. The van der Waals surface area contributed by atoms with Crippen LogP contribution >= 0.6 is 0 Å². The number of amides is 2. The third-order valence-corrected chi connectivity index (χ3v) is 7.54. The Balaban J connectivity index is 2.07. The predicted octanol–water partition coefficient (Wildman–Crippen LogP) is 4.13. The number of aryl methyl sites for hydroxylation is 1. The number of nitrogens with one attached hydrogen (secondary N) is 1. The van der Waals surface area contributed by atoms with E-state index in [0.29, 0.717) is 5.56 Å². The summed E-state index contributed by atoms with van der Waals surface area (Å²) in [6.07, 6.45) is 1.26. The number of rotatable bonds is 12. The van der Waals surface area contributed by atoms with E-state index in [9.17, 15) is 22.8 Å². The Hall–Kier alpha value is -3.98. The molecule has 0 fully saturated rings. The maximum absolute atomic E-state index is 14.1. The highest BCUT2D eigenvalue weighted by molar-refractivity contribution is 7.92. The quantitative estimate of drug-likeness (QED) is 0.334. The van der Waals surface area contributed by atoms with Gasteiger partial charge in [0.2, 0.25) is 21.8 Å². The number of benzene rings is 3. The molecule has 0 aliphatic heterocycles. The molecule has 0 aromatic heterocycles. The molecule has 0 saturated carbocycles. The highest BCUT2D eigenvalue weighted by atomic mass is 32.2. The fraction of sp³-hybridized carbons (Fsp3) is 0.323. The Labute approximate surface area is 237 Å². The number of sulfonamides is 1. The van der Waals surface area contributed by atoms with Crippen LogP contribution in [0.2, 0.25) is 0 Å². The normalized spacial score (nSPS) is 12.1. The van der Waals surface area contributed by atoms with Gasteiger partial charge >= 0.3 is 0 Å². The minimum absolute atomic E-state index is 0.104. The summed E-state index contributed by atoms with van der Waals surface area (Å²) in [5.41, 5.74) is 3.24. The Morgan fingerprint density at radius 3 is 2.10 bits per heavy atom. The van der Waals surface area contributed by atoms with Crippen molar-refractivity contribution in [2.45, 2.75) is 52.7 Å². The molecule has 40 heavy (non-hydrogen) atoms. The lowest BCUT2D eigenvalue weighted by Crippen LogP contribution is -2.54. The topological polar surface area (TPSA) is 104 Å². The van der Waals surface area contributed by atoms with Gasteiger partial charge in [0.15, 0.2) is 5.78 Å². The average Bonchev–Trinajstić information content (AvgIpc) is 2.89. The molecule has 212 valence electrons. The van der Waals surface area contributed by atoms with E-state index in [2.05, 4.69) is 5.32 Å². The van der Waals surface area contributed by atoms with E-state index in [-0.39, 0.29) is 36.4 Å². The van der Waals surface area contributed by atoms with Gasteiger partial charge in [-0.2, -0.15) is 0 Å². The van der Waals surface area contributed by atoms with Gasteiger partial charge in [-0.25, -0.2) is 8.42 Å². The van der Waals surface area contributed by atoms with Crippen molar-refractivity contribution >= 4 is 33.3 Å². The molecular formula is C31H37N3O5S. The number of Topliss-reactive ketones (excluding diaryl/α,β-unsaturated/α-hetero) is 1. The van der Waals surface area contributed by atoms with E-state index in [1.807, 2.05) is 75.4 Å². The van der Waals surface area contributed by atoms with Crippen LogP contribution in [0, 0.1) is 6.92 Å². The highest BCUT2D eigenvalue weighted by Crippen LogP contribution is 2.22. The van der Waals surface area contributed by atoms with Crippen LogP contribution in [0.15, 0.2) is 78.9 Å². The molecule has 2 amide bonds. The van der Waals surface area contributed by atoms with E-state index < -0.39 is 28.5 Å². The van der Waals surface area contributed by atoms with E-state index in [1.54, 1.807) is 12.1 Å². The molecule has 9 heteroatoms. The molecule has 3 aromatic carbocycles. The highest BCUT2D eigenvalue weighted by Gasteiger charge is 2.33. The van der Waals surface area contributed by atoms with Crippen LogP contribution in [-0.2, 0) is 32.6 Å². The van der Waals surface area contributed by atoms with Crippen molar-refractivity contribution in [2.24, 2.45) is 0 Å². The first-order valence-corrected chi connectivity index (χ1v) is 15.0. The zero-order valence-electron chi connectivity index (χ0n) is 23.6. The number of carbonyl (C=O) groups excluding carboxylic acids is 3. The minimum Gasteiger partial charge on any atom is -0.352 e. The standard InChI is InChI=1S/C31H37N3O5S/c1-22(2)32-31(37)29(18-25-10-7-6-8-11-25)33(20-26-16-14-23(3)15-17-26)30(36)21-34(40(5,38)39)28-13-9-12-27(19-28)24(4)35/h6-17,19,22,29H,18,20-21H2,1-5H3,(H,32,37)/t29-/m1/s1. The second kappa shape index (κ2) is 13.4. The van der Waals surface area contributed by atoms with Gasteiger partial charge in [0.1, 0.15) is 12.6 Å². The van der Waals surface area contributed by atoms with Crippen LogP contribution in [0.4, 0.5) is 5.69 Å². The first kappa shape index (κ1) is 30.6. The second-order valence-electron chi connectivity index (χ2n) is 10.3. The van der Waals surface area contributed by atoms with E-state index in [4.69, 9.17) is 0 Å². The molecule has 3 aromatic rings. The van der Waals surface area contributed by atoms with Crippen molar-refractivity contribution in [1.82, 2.24) is 10.2 Å². The third-order valence-electron chi connectivity index (χ3n) is 6.40. The summed E-state index contributed by atoms with van der Waals surface area (Å²) in [5, 5.41) is 2.93. The van der Waals surface area contributed by atoms with Crippen LogP contribution in [0.1, 0.15) is 47.8 Å². The van der Waals surface area contributed by atoms with Gasteiger partial charge < -0.3 is 10.2 Å². The maximum atomic E-state index is 14.1. The van der Waals surface area contributed by atoms with Crippen molar-refractivity contribution in [3.63, 3.8) is 0 Å². The number of anilines is 1. The fourth-order valence-electron chi connectivity index (χ4n) is 4.32. The first-order chi connectivity index (χ1) is 18.8. The molecule has 0 spiro atoms. The smallest absolute Gasteiger partial charge is 0.244 e. The largest absolute Gasteiger partial charge is 0.352 e. The molecular weight excluding hydrogens is 526 g/mol. The Morgan fingerprint density at radius 2 is 1.52 bits per heavy atom. The third kappa shape index (κ3) is 8.51. The SMILES string of the molecule is CC(=O)c1cccc(N(CC(=O)N(Cc2ccc(C)cc2)[C@H](Cc2ccccc2)C(=O)NC(C)C)S(C)(=O)=O)c1. The number of hydrogen-bond donors (Lipinski definition) is 1. The average molecular weight is 564 g/mol. The molecule has 0 saturated heterocycles. The summed E-state index contributed by atoms with van der Waals surface area (Å²) in [6.45, 7) is 6.60. The van der Waals surface area contributed by atoms with E-state index in [1.165, 1.54) is 24.0 Å². The van der Waals surface area contributed by atoms with Crippen molar-refractivity contribution in [3.8, 4) is 0 Å². The molecule has 0 aliphatic rings. The van der Waals surface area contributed by atoms with Crippen LogP contribution in [0.5, 0.6) is 0 Å². The zero-order chi connectivity index (χ0) is 29.4. The van der Waals surface area contributed by atoms with Crippen LogP contribution < -0.4 is 9.62 Å². The molecule has 0 aliphatic carbocycles. The Morgan fingerprint density at radius 1 is 0.875 bits per heavy atom. The summed E-state index contributed by atoms with van der Waals surface area (Å²) in [6, 6.07) is 22.1. The molecule has 3 rings (SSSR count). The fourth-order valence-corrected chi connectivity index (χ4v) is 5.16. The van der Waals surface area contributed by atoms with Gasteiger partial charge in [0, 0.05) is 24.6 Å².